The third-order valence-corrected chi connectivity index (χ3v) is 3.34. The Hall–Kier alpha value is -2.76. The molecule has 1 heterocycles. The molecule has 1 aromatic heterocycles. The molecular formula is C17H19NO5. The Bertz CT molecular complexity index is 727. The summed E-state index contributed by atoms with van der Waals surface area (Å²) in [5.41, 5.74) is 2.30. The molecule has 0 bridgehead atoms. The van der Waals surface area contributed by atoms with Crippen molar-refractivity contribution in [2.45, 2.75) is 13.8 Å². The summed E-state index contributed by atoms with van der Waals surface area (Å²) in [4.78, 5) is 15.6. The van der Waals surface area contributed by atoms with E-state index in [1.54, 1.807) is 19.4 Å². The summed E-state index contributed by atoms with van der Waals surface area (Å²) < 4.78 is 16.1. The van der Waals surface area contributed by atoms with Crippen molar-refractivity contribution >= 4 is 5.97 Å². The number of carboxylic acids is 1. The van der Waals surface area contributed by atoms with Crippen LogP contribution in [0.5, 0.6) is 17.4 Å². The molecule has 0 atom stereocenters. The second kappa shape index (κ2) is 7.00. The fraction of sp³-hybridized carbons (Fsp3) is 0.294. The molecule has 0 amide bonds. The lowest BCUT2D eigenvalue weighted by Gasteiger charge is -2.16. The van der Waals surface area contributed by atoms with E-state index in [0.717, 1.165) is 11.1 Å². The van der Waals surface area contributed by atoms with Crippen molar-refractivity contribution in [2.75, 3.05) is 20.8 Å². The van der Waals surface area contributed by atoms with Crippen LogP contribution in [0.4, 0.5) is 0 Å². The van der Waals surface area contributed by atoms with Gasteiger partial charge < -0.3 is 19.3 Å². The quantitative estimate of drug-likeness (QED) is 0.881. The lowest BCUT2D eigenvalue weighted by atomic mass is 10.0. The molecule has 0 unspecified atom stereocenters. The second-order valence-corrected chi connectivity index (χ2v) is 4.84. The molecule has 0 aliphatic rings. The third kappa shape index (κ3) is 3.36. The zero-order valence-electron chi connectivity index (χ0n) is 13.5. The van der Waals surface area contributed by atoms with Gasteiger partial charge >= 0.3 is 5.97 Å². The standard InChI is InChI=1S/C17H19NO5/c1-5-23-15-13(7-11(17(19)20)8-14(15)21-3)12-6-10(2)16(22-4)18-9-12/h6-9H,5H2,1-4H3,(H,19,20). The van der Waals surface area contributed by atoms with Crippen molar-refractivity contribution in [3.05, 3.63) is 35.5 Å². The number of benzene rings is 1. The number of carbonyl (C=O) groups is 1. The third-order valence-electron chi connectivity index (χ3n) is 3.34. The van der Waals surface area contributed by atoms with E-state index in [1.165, 1.54) is 13.2 Å². The molecule has 1 aromatic carbocycles. The fourth-order valence-corrected chi connectivity index (χ4v) is 2.31. The SMILES string of the molecule is CCOc1c(OC)cc(C(=O)O)cc1-c1cnc(OC)c(C)c1. The molecule has 0 radical (unpaired) electrons. The Kier molecular flexibility index (Phi) is 5.05. The molecule has 0 saturated heterocycles. The lowest BCUT2D eigenvalue weighted by molar-refractivity contribution is 0.0696. The van der Waals surface area contributed by atoms with Crippen LogP contribution in [0.1, 0.15) is 22.8 Å². The first kappa shape index (κ1) is 16.6. The van der Waals surface area contributed by atoms with Crippen molar-refractivity contribution in [1.29, 1.82) is 0 Å². The van der Waals surface area contributed by atoms with Gasteiger partial charge in [-0.1, -0.05) is 0 Å². The minimum atomic E-state index is -1.04. The normalized spacial score (nSPS) is 10.3. The number of hydrogen-bond acceptors (Lipinski definition) is 5. The van der Waals surface area contributed by atoms with Gasteiger partial charge in [0.25, 0.3) is 0 Å². The number of pyridine rings is 1. The number of aryl methyl sites for hydroxylation is 1. The average molecular weight is 317 g/mol. The van der Waals surface area contributed by atoms with E-state index in [4.69, 9.17) is 14.2 Å². The van der Waals surface area contributed by atoms with Crippen LogP contribution in [0, 0.1) is 6.92 Å². The molecule has 0 aliphatic heterocycles. The molecule has 2 aromatic rings. The van der Waals surface area contributed by atoms with Crippen molar-refractivity contribution in [3.63, 3.8) is 0 Å². The Morgan fingerprint density at radius 3 is 2.48 bits per heavy atom. The van der Waals surface area contributed by atoms with Gasteiger partial charge in [0.2, 0.25) is 5.88 Å². The Balaban J connectivity index is 2.69. The highest BCUT2D eigenvalue weighted by Gasteiger charge is 2.18. The summed E-state index contributed by atoms with van der Waals surface area (Å²) in [5, 5.41) is 9.30. The van der Waals surface area contributed by atoms with Crippen LogP contribution in [0.2, 0.25) is 0 Å². The first-order valence-electron chi connectivity index (χ1n) is 7.10. The number of aromatic nitrogens is 1. The van der Waals surface area contributed by atoms with Gasteiger partial charge in [-0.25, -0.2) is 9.78 Å². The van der Waals surface area contributed by atoms with Gasteiger partial charge in [-0.3, -0.25) is 0 Å². The molecule has 0 spiro atoms. The molecular weight excluding hydrogens is 298 g/mol. The van der Waals surface area contributed by atoms with E-state index < -0.39 is 5.97 Å². The Labute approximate surface area is 134 Å². The summed E-state index contributed by atoms with van der Waals surface area (Å²) in [7, 11) is 3.03. The van der Waals surface area contributed by atoms with E-state index in [9.17, 15) is 9.90 Å². The summed E-state index contributed by atoms with van der Waals surface area (Å²) in [6.07, 6.45) is 1.62. The maximum atomic E-state index is 11.4. The van der Waals surface area contributed by atoms with Crippen LogP contribution >= 0.6 is 0 Å². The topological polar surface area (TPSA) is 77.9 Å². The number of carboxylic acid groups (broad SMARTS) is 1. The second-order valence-electron chi connectivity index (χ2n) is 4.84. The van der Waals surface area contributed by atoms with E-state index in [0.29, 0.717) is 29.5 Å². The minimum Gasteiger partial charge on any atom is -0.493 e. The molecule has 6 nitrogen and oxygen atoms in total. The first-order chi connectivity index (χ1) is 11.0. The van der Waals surface area contributed by atoms with Gasteiger partial charge in [0.1, 0.15) is 0 Å². The maximum Gasteiger partial charge on any atom is 0.335 e. The smallest absolute Gasteiger partial charge is 0.335 e. The maximum absolute atomic E-state index is 11.4. The van der Waals surface area contributed by atoms with E-state index in [1.807, 2.05) is 19.9 Å². The Morgan fingerprint density at radius 2 is 1.96 bits per heavy atom. The van der Waals surface area contributed by atoms with Crippen molar-refractivity contribution in [1.82, 2.24) is 4.98 Å². The number of rotatable bonds is 6. The number of nitrogens with zero attached hydrogens (tertiary/aromatic N) is 1. The van der Waals surface area contributed by atoms with Crippen LogP contribution in [0.15, 0.2) is 24.4 Å². The monoisotopic (exact) mass is 317 g/mol. The van der Waals surface area contributed by atoms with Crippen LogP contribution in [0.25, 0.3) is 11.1 Å². The summed E-state index contributed by atoms with van der Waals surface area (Å²) in [5.74, 6) is 0.348. The molecule has 2 rings (SSSR count). The van der Waals surface area contributed by atoms with Crippen LogP contribution in [-0.4, -0.2) is 36.9 Å². The molecule has 0 aliphatic carbocycles. The molecule has 1 N–H and O–H groups in total. The number of ether oxygens (including phenoxy) is 3. The van der Waals surface area contributed by atoms with Gasteiger partial charge in [0.05, 0.1) is 26.4 Å². The van der Waals surface area contributed by atoms with Gasteiger partial charge in [-0.2, -0.15) is 0 Å². The molecule has 122 valence electrons. The van der Waals surface area contributed by atoms with Crippen LogP contribution < -0.4 is 14.2 Å². The highest BCUT2D eigenvalue weighted by Crippen LogP contribution is 2.40. The summed E-state index contributed by atoms with van der Waals surface area (Å²) in [6.45, 7) is 4.15. The molecule has 0 fully saturated rings. The highest BCUT2D eigenvalue weighted by molar-refractivity contribution is 5.92. The largest absolute Gasteiger partial charge is 0.493 e. The predicted molar refractivity (Wildman–Crippen MR) is 85.6 cm³/mol. The molecule has 23 heavy (non-hydrogen) atoms. The molecule has 0 saturated carbocycles. The number of hydrogen-bond donors (Lipinski definition) is 1. The highest BCUT2D eigenvalue weighted by atomic mass is 16.5. The minimum absolute atomic E-state index is 0.119. The van der Waals surface area contributed by atoms with Crippen molar-refractivity contribution in [2.24, 2.45) is 0 Å². The summed E-state index contributed by atoms with van der Waals surface area (Å²) in [6, 6.07) is 4.87. The van der Waals surface area contributed by atoms with Gasteiger partial charge in [0, 0.05) is 22.9 Å². The van der Waals surface area contributed by atoms with Gasteiger partial charge in [0.15, 0.2) is 11.5 Å². The van der Waals surface area contributed by atoms with Crippen molar-refractivity contribution < 1.29 is 24.1 Å². The number of aromatic carboxylic acids is 1. The lowest BCUT2D eigenvalue weighted by Crippen LogP contribution is -2.03. The van der Waals surface area contributed by atoms with Crippen LogP contribution in [-0.2, 0) is 0 Å². The van der Waals surface area contributed by atoms with E-state index >= 15 is 0 Å². The first-order valence-corrected chi connectivity index (χ1v) is 7.10. The number of methoxy groups -OCH3 is 2. The summed E-state index contributed by atoms with van der Waals surface area (Å²) >= 11 is 0. The van der Waals surface area contributed by atoms with Gasteiger partial charge in [-0.15, -0.1) is 0 Å². The zero-order valence-corrected chi connectivity index (χ0v) is 13.5. The van der Waals surface area contributed by atoms with Gasteiger partial charge in [-0.05, 0) is 32.0 Å². The fourth-order valence-electron chi connectivity index (χ4n) is 2.31. The molecule has 6 heteroatoms. The van der Waals surface area contributed by atoms with E-state index in [-0.39, 0.29) is 5.56 Å². The Morgan fingerprint density at radius 1 is 1.22 bits per heavy atom. The van der Waals surface area contributed by atoms with Crippen molar-refractivity contribution in [3.8, 4) is 28.5 Å². The predicted octanol–water partition coefficient (Wildman–Crippen LogP) is 3.17. The van der Waals surface area contributed by atoms with E-state index in [2.05, 4.69) is 4.98 Å². The van der Waals surface area contributed by atoms with Crippen LogP contribution in [0.3, 0.4) is 0 Å². The zero-order chi connectivity index (χ0) is 17.0. The average Bonchev–Trinajstić information content (AvgIpc) is 2.54.